The van der Waals surface area contributed by atoms with Crippen molar-refractivity contribution in [3.8, 4) is 0 Å². The van der Waals surface area contributed by atoms with Gasteiger partial charge >= 0.3 is 0 Å². The minimum atomic E-state index is 1.05. The Kier molecular flexibility index (Phi) is 3.17. The highest BCUT2D eigenvalue weighted by Gasteiger charge is 2.00. The zero-order chi connectivity index (χ0) is 13.2. The highest BCUT2D eigenvalue weighted by molar-refractivity contribution is 8.00. The largest absolute Gasteiger partial charge is 0.361 e. The number of benzene rings is 1. The van der Waals surface area contributed by atoms with Crippen LogP contribution in [0.25, 0.3) is 10.9 Å². The molecular weight excluding hydrogens is 254 g/mol. The van der Waals surface area contributed by atoms with Crippen molar-refractivity contribution < 1.29 is 0 Å². The number of rotatable bonds is 3. The molecule has 4 heteroatoms. The average Bonchev–Trinajstić information content (AvgIpc) is 2.82. The normalized spacial score (nSPS) is 10.8. The number of aromatic amines is 1. The number of aromatic nitrogens is 2. The molecule has 0 bridgehead atoms. The summed E-state index contributed by atoms with van der Waals surface area (Å²) in [7, 11) is 0. The van der Waals surface area contributed by atoms with E-state index in [1.54, 1.807) is 11.9 Å². The summed E-state index contributed by atoms with van der Waals surface area (Å²) in [4.78, 5) is 8.75. The smallest absolute Gasteiger partial charge is 0.0455 e. The van der Waals surface area contributed by atoms with Crippen LogP contribution in [0.1, 0.15) is 11.4 Å². The van der Waals surface area contributed by atoms with E-state index in [0.717, 1.165) is 22.6 Å². The van der Waals surface area contributed by atoms with Crippen molar-refractivity contribution in [3.63, 3.8) is 0 Å². The summed E-state index contributed by atoms with van der Waals surface area (Å²) in [6.45, 7) is 4.03. The molecule has 2 aromatic heterocycles. The van der Waals surface area contributed by atoms with Crippen LogP contribution in [-0.2, 0) is 0 Å². The van der Waals surface area contributed by atoms with Gasteiger partial charge in [0.2, 0.25) is 0 Å². The lowest BCUT2D eigenvalue weighted by Crippen LogP contribution is -1.90. The predicted molar refractivity (Wildman–Crippen MR) is 81.5 cm³/mol. The Balaban J connectivity index is 1.77. The molecule has 0 aliphatic heterocycles. The Labute approximate surface area is 116 Å². The average molecular weight is 269 g/mol. The maximum absolute atomic E-state index is 4.38. The molecule has 0 spiro atoms. The Morgan fingerprint density at radius 2 is 1.84 bits per heavy atom. The number of aryl methyl sites for hydroxylation is 2. The Morgan fingerprint density at radius 3 is 2.63 bits per heavy atom. The van der Waals surface area contributed by atoms with Crippen molar-refractivity contribution in [2.24, 2.45) is 0 Å². The molecule has 0 saturated heterocycles. The van der Waals surface area contributed by atoms with Crippen LogP contribution in [0.4, 0.5) is 5.69 Å². The van der Waals surface area contributed by atoms with Gasteiger partial charge in [0.25, 0.3) is 0 Å². The van der Waals surface area contributed by atoms with E-state index in [-0.39, 0.29) is 0 Å². The third-order valence-corrected chi connectivity index (χ3v) is 3.70. The lowest BCUT2D eigenvalue weighted by molar-refractivity contribution is 1.09. The number of H-pyrrole nitrogens is 1. The van der Waals surface area contributed by atoms with Crippen LogP contribution in [-0.4, -0.2) is 9.97 Å². The third kappa shape index (κ3) is 2.74. The first-order valence-electron chi connectivity index (χ1n) is 6.16. The zero-order valence-corrected chi connectivity index (χ0v) is 11.7. The van der Waals surface area contributed by atoms with Crippen LogP contribution < -0.4 is 4.72 Å². The molecule has 96 valence electrons. The van der Waals surface area contributed by atoms with Gasteiger partial charge in [0.15, 0.2) is 0 Å². The van der Waals surface area contributed by atoms with Crippen molar-refractivity contribution in [3.05, 3.63) is 54.0 Å². The maximum Gasteiger partial charge on any atom is 0.0455 e. The molecule has 1 aromatic carbocycles. The molecule has 0 atom stereocenters. The number of nitrogens with zero attached hydrogens (tertiary/aromatic N) is 1. The van der Waals surface area contributed by atoms with Gasteiger partial charge in [0.1, 0.15) is 0 Å². The topological polar surface area (TPSA) is 40.7 Å². The van der Waals surface area contributed by atoms with Gasteiger partial charge in [-0.2, -0.15) is 0 Å². The number of hydrogen-bond acceptors (Lipinski definition) is 3. The van der Waals surface area contributed by atoms with E-state index in [2.05, 4.69) is 51.1 Å². The number of nitrogens with one attached hydrogen (secondary N) is 2. The first kappa shape index (κ1) is 12.1. The lowest BCUT2D eigenvalue weighted by atomic mass is 10.2. The van der Waals surface area contributed by atoms with Crippen LogP contribution in [0.3, 0.4) is 0 Å². The monoisotopic (exact) mass is 269 g/mol. The van der Waals surface area contributed by atoms with Crippen molar-refractivity contribution in [2.75, 3.05) is 4.72 Å². The second-order valence-corrected chi connectivity index (χ2v) is 5.45. The number of hydrogen-bond donors (Lipinski definition) is 2. The molecule has 3 nitrogen and oxygen atoms in total. The highest BCUT2D eigenvalue weighted by Crippen LogP contribution is 2.24. The molecular formula is C15H15N3S. The molecule has 2 heterocycles. The van der Waals surface area contributed by atoms with Crippen molar-refractivity contribution in [1.82, 2.24) is 9.97 Å². The molecule has 0 radical (unpaired) electrons. The van der Waals surface area contributed by atoms with Crippen molar-refractivity contribution in [1.29, 1.82) is 0 Å². The van der Waals surface area contributed by atoms with Crippen LogP contribution in [0.2, 0.25) is 0 Å². The molecule has 0 aliphatic rings. The van der Waals surface area contributed by atoms with Crippen LogP contribution >= 0.6 is 11.9 Å². The van der Waals surface area contributed by atoms with Gasteiger partial charge in [-0.1, -0.05) is 0 Å². The quantitative estimate of drug-likeness (QED) is 0.696. The fraction of sp³-hybridized carbons (Fsp3) is 0.133. The van der Waals surface area contributed by atoms with Gasteiger partial charge in [0.05, 0.1) is 0 Å². The lowest BCUT2D eigenvalue weighted by Gasteiger charge is -2.07. The molecule has 3 rings (SSSR count). The fourth-order valence-electron chi connectivity index (χ4n) is 2.09. The van der Waals surface area contributed by atoms with Crippen LogP contribution in [0.5, 0.6) is 0 Å². The fourth-order valence-corrected chi connectivity index (χ4v) is 2.91. The summed E-state index contributed by atoms with van der Waals surface area (Å²) in [6, 6.07) is 12.5. The van der Waals surface area contributed by atoms with Crippen molar-refractivity contribution >= 4 is 28.5 Å². The molecule has 0 amide bonds. The van der Waals surface area contributed by atoms with Gasteiger partial charge in [-0.3, -0.25) is 4.98 Å². The second kappa shape index (κ2) is 4.97. The Bertz CT molecular complexity index is 698. The molecule has 3 aromatic rings. The summed E-state index contributed by atoms with van der Waals surface area (Å²) in [5.74, 6) is 0. The summed E-state index contributed by atoms with van der Waals surface area (Å²) < 4.78 is 3.37. The SMILES string of the molecule is Cc1cc(SNc2ccc3[nH]ccc3c2)cc(C)n1. The van der Waals surface area contributed by atoms with Crippen LogP contribution in [0.15, 0.2) is 47.5 Å². The number of pyridine rings is 1. The molecule has 2 N–H and O–H groups in total. The number of anilines is 1. The molecule has 0 aliphatic carbocycles. The standard InChI is InChI=1S/C15H15N3S/c1-10-7-14(8-11(2)17-10)19-18-13-3-4-15-12(9-13)5-6-16-15/h3-9,16,18H,1-2H3. The van der Waals surface area contributed by atoms with E-state index >= 15 is 0 Å². The second-order valence-electron chi connectivity index (χ2n) is 4.57. The molecule has 19 heavy (non-hydrogen) atoms. The molecule has 0 saturated carbocycles. The van der Waals surface area contributed by atoms with Crippen LogP contribution in [0, 0.1) is 13.8 Å². The van der Waals surface area contributed by atoms with Gasteiger partial charge in [-0.25, -0.2) is 0 Å². The van der Waals surface area contributed by atoms with Gasteiger partial charge < -0.3 is 9.71 Å². The van der Waals surface area contributed by atoms with E-state index in [0.29, 0.717) is 0 Å². The van der Waals surface area contributed by atoms with Crippen molar-refractivity contribution in [2.45, 2.75) is 18.7 Å². The first-order valence-corrected chi connectivity index (χ1v) is 6.98. The summed E-state index contributed by atoms with van der Waals surface area (Å²) >= 11 is 1.61. The zero-order valence-electron chi connectivity index (χ0n) is 10.9. The van der Waals surface area contributed by atoms with Gasteiger partial charge in [-0.15, -0.1) is 0 Å². The van der Waals surface area contributed by atoms with Gasteiger partial charge in [0, 0.05) is 39.1 Å². The Morgan fingerprint density at radius 1 is 1.05 bits per heavy atom. The first-order chi connectivity index (χ1) is 9.20. The van der Waals surface area contributed by atoms with E-state index in [4.69, 9.17) is 0 Å². The third-order valence-electron chi connectivity index (χ3n) is 2.90. The minimum Gasteiger partial charge on any atom is -0.361 e. The molecule has 0 fully saturated rings. The van der Waals surface area contributed by atoms with Gasteiger partial charge in [-0.05, 0) is 62.2 Å². The number of fused-ring (bicyclic) bond motifs is 1. The van der Waals surface area contributed by atoms with E-state index in [1.165, 1.54) is 10.3 Å². The van der Waals surface area contributed by atoms with E-state index in [9.17, 15) is 0 Å². The highest BCUT2D eigenvalue weighted by atomic mass is 32.2. The predicted octanol–water partition coefficient (Wildman–Crippen LogP) is 4.30. The van der Waals surface area contributed by atoms with E-state index in [1.807, 2.05) is 20.0 Å². The maximum atomic E-state index is 4.38. The minimum absolute atomic E-state index is 1.05. The summed E-state index contributed by atoms with van der Waals surface area (Å²) in [5.41, 5.74) is 4.35. The molecule has 0 unspecified atom stereocenters. The Hall–Kier alpha value is -1.94. The van der Waals surface area contributed by atoms with E-state index < -0.39 is 0 Å². The summed E-state index contributed by atoms with van der Waals surface area (Å²) in [5, 5.41) is 1.22. The summed E-state index contributed by atoms with van der Waals surface area (Å²) in [6.07, 6.45) is 1.96.